The summed E-state index contributed by atoms with van der Waals surface area (Å²) in [6.07, 6.45) is 3.39. The summed E-state index contributed by atoms with van der Waals surface area (Å²) in [6, 6.07) is 9.44. The molecule has 3 aromatic rings. The fourth-order valence-corrected chi connectivity index (χ4v) is 3.18. The van der Waals surface area contributed by atoms with E-state index in [0.717, 1.165) is 17.4 Å². The maximum Gasteiger partial charge on any atom is 0.317 e. The summed E-state index contributed by atoms with van der Waals surface area (Å²) in [7, 11) is 1.65. The van der Waals surface area contributed by atoms with Crippen LogP contribution >= 0.6 is 0 Å². The minimum absolute atomic E-state index is 0.0547. The monoisotopic (exact) mass is 367 g/mol. The van der Waals surface area contributed by atoms with Crippen molar-refractivity contribution in [2.75, 3.05) is 38.1 Å². The van der Waals surface area contributed by atoms with E-state index in [1.54, 1.807) is 24.4 Å². The van der Waals surface area contributed by atoms with Crippen LogP contribution in [0.2, 0.25) is 0 Å². The standard InChI is InChI=1S/C18H21N7O2/c1-19-18(26)24-10-8-23(9-11-24)17-22-21-16(15-6-2-3-7-20-15)25(17)13-14-5-4-12-27-14/h2-7,12H,8-11,13H2,1H3,(H,19,26). The number of nitrogens with zero attached hydrogens (tertiary/aromatic N) is 6. The molecule has 0 aliphatic carbocycles. The molecule has 0 radical (unpaired) electrons. The Morgan fingerprint density at radius 3 is 2.67 bits per heavy atom. The Labute approximate surface area is 156 Å². The summed E-state index contributed by atoms with van der Waals surface area (Å²) in [4.78, 5) is 20.2. The lowest BCUT2D eigenvalue weighted by Crippen LogP contribution is -2.51. The highest BCUT2D eigenvalue weighted by atomic mass is 16.3. The zero-order valence-electron chi connectivity index (χ0n) is 15.1. The number of carbonyl (C=O) groups excluding carboxylic acids is 1. The summed E-state index contributed by atoms with van der Waals surface area (Å²) in [6.45, 7) is 3.15. The predicted octanol–water partition coefficient (Wildman–Crippen LogP) is 1.44. The highest BCUT2D eigenvalue weighted by molar-refractivity contribution is 5.74. The van der Waals surface area contributed by atoms with E-state index in [0.29, 0.717) is 38.5 Å². The number of rotatable bonds is 4. The number of aromatic nitrogens is 4. The van der Waals surface area contributed by atoms with Crippen LogP contribution in [0.4, 0.5) is 10.7 Å². The molecule has 4 heterocycles. The second kappa shape index (κ2) is 7.48. The number of furan rings is 1. The second-order valence-electron chi connectivity index (χ2n) is 6.23. The Hall–Kier alpha value is -3.36. The first-order valence-electron chi connectivity index (χ1n) is 8.85. The quantitative estimate of drug-likeness (QED) is 0.750. The molecular formula is C18H21N7O2. The van der Waals surface area contributed by atoms with Gasteiger partial charge in [0.05, 0.1) is 12.8 Å². The van der Waals surface area contributed by atoms with Crippen LogP contribution < -0.4 is 10.2 Å². The lowest BCUT2D eigenvalue weighted by Gasteiger charge is -2.34. The van der Waals surface area contributed by atoms with Crippen molar-refractivity contribution in [3.63, 3.8) is 0 Å². The Kier molecular flexibility index (Phi) is 4.73. The number of pyridine rings is 1. The van der Waals surface area contributed by atoms with Crippen molar-refractivity contribution in [2.24, 2.45) is 0 Å². The van der Waals surface area contributed by atoms with Crippen molar-refractivity contribution in [1.29, 1.82) is 0 Å². The Balaban J connectivity index is 1.63. The molecule has 0 bridgehead atoms. The van der Waals surface area contributed by atoms with Gasteiger partial charge in [0.25, 0.3) is 0 Å². The summed E-state index contributed by atoms with van der Waals surface area (Å²) in [5.41, 5.74) is 0.756. The lowest BCUT2D eigenvalue weighted by molar-refractivity contribution is 0.196. The summed E-state index contributed by atoms with van der Waals surface area (Å²) < 4.78 is 7.54. The van der Waals surface area contributed by atoms with Gasteiger partial charge in [-0.05, 0) is 24.3 Å². The summed E-state index contributed by atoms with van der Waals surface area (Å²) in [5.74, 6) is 2.26. The summed E-state index contributed by atoms with van der Waals surface area (Å²) >= 11 is 0. The van der Waals surface area contributed by atoms with Gasteiger partial charge >= 0.3 is 6.03 Å². The second-order valence-corrected chi connectivity index (χ2v) is 6.23. The first-order chi connectivity index (χ1) is 13.3. The molecule has 2 amide bonds. The van der Waals surface area contributed by atoms with Crippen molar-refractivity contribution in [1.82, 2.24) is 30.0 Å². The molecule has 0 unspecified atom stereocenters. The van der Waals surface area contributed by atoms with Crippen molar-refractivity contribution in [2.45, 2.75) is 6.54 Å². The fraction of sp³-hybridized carbons (Fsp3) is 0.333. The van der Waals surface area contributed by atoms with E-state index >= 15 is 0 Å². The highest BCUT2D eigenvalue weighted by Gasteiger charge is 2.26. The Bertz CT molecular complexity index is 884. The Morgan fingerprint density at radius 2 is 2.00 bits per heavy atom. The van der Waals surface area contributed by atoms with Gasteiger partial charge in [0.15, 0.2) is 5.82 Å². The zero-order valence-corrected chi connectivity index (χ0v) is 15.1. The lowest BCUT2D eigenvalue weighted by atomic mass is 10.3. The maximum absolute atomic E-state index is 11.8. The Morgan fingerprint density at radius 1 is 1.15 bits per heavy atom. The SMILES string of the molecule is CNC(=O)N1CCN(c2nnc(-c3ccccn3)n2Cc2ccco2)CC1. The number of anilines is 1. The third-order valence-electron chi connectivity index (χ3n) is 4.58. The molecule has 1 saturated heterocycles. The van der Waals surface area contributed by atoms with Gasteiger partial charge in [-0.25, -0.2) is 4.79 Å². The van der Waals surface area contributed by atoms with E-state index in [4.69, 9.17) is 4.42 Å². The highest BCUT2D eigenvalue weighted by Crippen LogP contribution is 2.23. The fourth-order valence-electron chi connectivity index (χ4n) is 3.18. The van der Waals surface area contributed by atoms with Crippen molar-refractivity contribution in [3.05, 3.63) is 48.6 Å². The van der Waals surface area contributed by atoms with Gasteiger partial charge < -0.3 is 19.5 Å². The van der Waals surface area contributed by atoms with Gasteiger partial charge in [-0.3, -0.25) is 9.55 Å². The number of carbonyl (C=O) groups is 1. The molecule has 1 aliphatic heterocycles. The number of nitrogens with one attached hydrogen (secondary N) is 1. The number of urea groups is 1. The molecular weight excluding hydrogens is 346 g/mol. The van der Waals surface area contributed by atoms with Gasteiger partial charge in [0, 0.05) is 39.4 Å². The molecule has 4 rings (SSSR count). The molecule has 140 valence electrons. The van der Waals surface area contributed by atoms with E-state index < -0.39 is 0 Å². The van der Waals surface area contributed by atoms with Crippen LogP contribution in [0.25, 0.3) is 11.5 Å². The molecule has 9 nitrogen and oxygen atoms in total. The van der Waals surface area contributed by atoms with Gasteiger partial charge in [-0.15, -0.1) is 10.2 Å². The smallest absolute Gasteiger partial charge is 0.317 e. The molecule has 0 spiro atoms. The van der Waals surface area contributed by atoms with E-state index in [2.05, 4.69) is 25.4 Å². The van der Waals surface area contributed by atoms with Crippen LogP contribution in [-0.4, -0.2) is 63.9 Å². The first kappa shape index (κ1) is 17.1. The molecule has 27 heavy (non-hydrogen) atoms. The minimum Gasteiger partial charge on any atom is -0.467 e. The predicted molar refractivity (Wildman–Crippen MR) is 99.3 cm³/mol. The molecule has 9 heteroatoms. The molecule has 3 aromatic heterocycles. The minimum atomic E-state index is -0.0547. The summed E-state index contributed by atoms with van der Waals surface area (Å²) in [5, 5.41) is 11.5. The van der Waals surface area contributed by atoms with Crippen LogP contribution in [0.5, 0.6) is 0 Å². The maximum atomic E-state index is 11.8. The molecule has 0 aromatic carbocycles. The molecule has 0 saturated carbocycles. The molecule has 1 fully saturated rings. The van der Waals surface area contributed by atoms with E-state index in [1.807, 2.05) is 34.9 Å². The average Bonchev–Trinajstić information content (AvgIpc) is 3.39. The molecule has 1 aliphatic rings. The van der Waals surface area contributed by atoms with Crippen LogP contribution in [0, 0.1) is 0 Å². The third-order valence-corrected chi connectivity index (χ3v) is 4.58. The van der Waals surface area contributed by atoms with Crippen LogP contribution in [0.1, 0.15) is 5.76 Å². The van der Waals surface area contributed by atoms with Crippen molar-refractivity contribution in [3.8, 4) is 11.5 Å². The van der Waals surface area contributed by atoms with Crippen LogP contribution in [0.3, 0.4) is 0 Å². The van der Waals surface area contributed by atoms with Gasteiger partial charge in [-0.1, -0.05) is 6.07 Å². The van der Waals surface area contributed by atoms with E-state index in [9.17, 15) is 4.79 Å². The molecule has 0 atom stereocenters. The number of amides is 2. The number of hydrogen-bond acceptors (Lipinski definition) is 6. The van der Waals surface area contributed by atoms with Gasteiger partial charge in [-0.2, -0.15) is 0 Å². The number of piperazine rings is 1. The zero-order chi connectivity index (χ0) is 18.6. The van der Waals surface area contributed by atoms with E-state index in [-0.39, 0.29) is 6.03 Å². The average molecular weight is 367 g/mol. The van der Waals surface area contributed by atoms with E-state index in [1.165, 1.54) is 0 Å². The number of hydrogen-bond donors (Lipinski definition) is 1. The third kappa shape index (κ3) is 3.48. The van der Waals surface area contributed by atoms with Crippen molar-refractivity contribution < 1.29 is 9.21 Å². The first-order valence-corrected chi connectivity index (χ1v) is 8.85. The van der Waals surface area contributed by atoms with Gasteiger partial charge in [0.1, 0.15) is 11.5 Å². The van der Waals surface area contributed by atoms with Crippen LogP contribution in [-0.2, 0) is 6.54 Å². The largest absolute Gasteiger partial charge is 0.467 e. The topological polar surface area (TPSA) is 92.3 Å². The van der Waals surface area contributed by atoms with Crippen molar-refractivity contribution >= 4 is 12.0 Å². The van der Waals surface area contributed by atoms with Gasteiger partial charge in [0.2, 0.25) is 5.95 Å². The van der Waals surface area contributed by atoms with Crippen LogP contribution in [0.15, 0.2) is 47.2 Å². The molecule has 1 N–H and O–H groups in total. The normalized spacial score (nSPS) is 14.4.